The molecule has 0 aromatic heterocycles. The van der Waals surface area contributed by atoms with Gasteiger partial charge in [-0.15, -0.1) is 0 Å². The Hall–Kier alpha value is -1.35. The quantitative estimate of drug-likeness (QED) is 0.780. The van der Waals surface area contributed by atoms with Gasteiger partial charge in [0.05, 0.1) is 13.7 Å². The summed E-state index contributed by atoms with van der Waals surface area (Å²) in [5.74, 6) is 0.921. The van der Waals surface area contributed by atoms with Gasteiger partial charge in [0.25, 0.3) is 0 Å². The third kappa shape index (κ3) is 3.35. The van der Waals surface area contributed by atoms with E-state index in [2.05, 4.69) is 18.7 Å². The third-order valence-electron chi connectivity index (χ3n) is 4.09. The number of ether oxygens (including phenoxy) is 1. The van der Waals surface area contributed by atoms with Crippen LogP contribution < -0.4 is 4.74 Å². The zero-order valence-corrected chi connectivity index (χ0v) is 12.1. The summed E-state index contributed by atoms with van der Waals surface area (Å²) in [4.78, 5) is 14.7. The number of hydrogen-bond donors (Lipinski definition) is 0. The Morgan fingerprint density at radius 2 is 2.00 bits per heavy atom. The predicted molar refractivity (Wildman–Crippen MR) is 76.8 cm³/mol. The van der Waals surface area contributed by atoms with Gasteiger partial charge in [-0.25, -0.2) is 0 Å². The molecule has 1 aromatic rings. The molecule has 1 aliphatic rings. The molecule has 3 nitrogen and oxygen atoms in total. The average Bonchev–Trinajstić information content (AvgIpc) is 2.43. The van der Waals surface area contributed by atoms with E-state index >= 15 is 0 Å². The van der Waals surface area contributed by atoms with Crippen LogP contribution in [0.1, 0.15) is 43.5 Å². The summed E-state index contributed by atoms with van der Waals surface area (Å²) in [5, 5.41) is 0. The Morgan fingerprint density at radius 3 is 2.63 bits per heavy atom. The molecule has 1 saturated heterocycles. The minimum absolute atomic E-state index is 0.180. The molecule has 2 atom stereocenters. The van der Waals surface area contributed by atoms with Gasteiger partial charge >= 0.3 is 0 Å². The van der Waals surface area contributed by atoms with E-state index in [0.29, 0.717) is 18.6 Å². The van der Waals surface area contributed by atoms with Crippen molar-refractivity contribution in [3.63, 3.8) is 0 Å². The maximum absolute atomic E-state index is 12.4. The number of nitrogens with zero attached hydrogens (tertiary/aromatic N) is 1. The molecule has 1 heterocycles. The Morgan fingerprint density at radius 1 is 1.32 bits per heavy atom. The Balaban J connectivity index is 2.07. The fourth-order valence-corrected chi connectivity index (χ4v) is 2.84. The minimum atomic E-state index is 0.180. The van der Waals surface area contributed by atoms with Crippen molar-refractivity contribution in [2.24, 2.45) is 0 Å². The molecule has 0 amide bonds. The van der Waals surface area contributed by atoms with Gasteiger partial charge in [-0.2, -0.15) is 0 Å². The first-order chi connectivity index (χ1) is 9.11. The highest BCUT2D eigenvalue weighted by molar-refractivity contribution is 5.98. The van der Waals surface area contributed by atoms with E-state index in [0.717, 1.165) is 11.3 Å². The van der Waals surface area contributed by atoms with Gasteiger partial charge < -0.3 is 4.74 Å². The highest BCUT2D eigenvalue weighted by atomic mass is 16.5. The van der Waals surface area contributed by atoms with E-state index in [4.69, 9.17) is 4.74 Å². The lowest BCUT2D eigenvalue weighted by Crippen LogP contribution is -2.46. The molecule has 0 N–H and O–H groups in total. The van der Waals surface area contributed by atoms with E-state index in [-0.39, 0.29) is 5.78 Å². The molecule has 0 radical (unpaired) electrons. The first-order valence-corrected chi connectivity index (χ1v) is 7.05. The number of ketones is 1. The molecule has 3 heteroatoms. The second-order valence-electron chi connectivity index (χ2n) is 5.46. The lowest BCUT2D eigenvalue weighted by Gasteiger charge is -2.38. The molecule has 2 rings (SSSR count). The second kappa shape index (κ2) is 6.20. The van der Waals surface area contributed by atoms with Crippen LogP contribution in [0.25, 0.3) is 0 Å². The normalized spacial score (nSPS) is 24.2. The van der Waals surface area contributed by atoms with Gasteiger partial charge in [-0.3, -0.25) is 9.69 Å². The van der Waals surface area contributed by atoms with Crippen molar-refractivity contribution in [2.45, 2.75) is 45.2 Å². The van der Waals surface area contributed by atoms with Crippen molar-refractivity contribution < 1.29 is 9.53 Å². The number of piperidine rings is 1. The molecule has 0 aliphatic carbocycles. The monoisotopic (exact) mass is 261 g/mol. The molecule has 1 fully saturated rings. The highest BCUT2D eigenvalue weighted by Crippen LogP contribution is 2.23. The van der Waals surface area contributed by atoms with Crippen LogP contribution in [0.3, 0.4) is 0 Å². The maximum Gasteiger partial charge on any atom is 0.176 e. The summed E-state index contributed by atoms with van der Waals surface area (Å²) in [6, 6.07) is 8.42. The SMILES string of the molecule is COc1cccc(C(=O)CN2C(C)CCCC2C)c1. The van der Waals surface area contributed by atoms with Gasteiger partial charge in [0, 0.05) is 17.6 Å². The number of Topliss-reactive ketones (excluding diaryl/α,β-unsaturated/α-hetero) is 1. The average molecular weight is 261 g/mol. The second-order valence-corrected chi connectivity index (χ2v) is 5.46. The predicted octanol–water partition coefficient (Wildman–Crippen LogP) is 3.14. The van der Waals surface area contributed by atoms with Crippen LogP contribution in [0.2, 0.25) is 0 Å². The number of methoxy groups -OCH3 is 1. The van der Waals surface area contributed by atoms with Crippen molar-refractivity contribution in [3.05, 3.63) is 29.8 Å². The Labute approximate surface area is 115 Å². The summed E-state index contributed by atoms with van der Waals surface area (Å²) in [6.45, 7) is 4.94. The molecule has 19 heavy (non-hydrogen) atoms. The minimum Gasteiger partial charge on any atom is -0.497 e. The number of rotatable bonds is 4. The summed E-state index contributed by atoms with van der Waals surface area (Å²) in [6.07, 6.45) is 3.65. The molecule has 0 saturated carbocycles. The van der Waals surface area contributed by atoms with Crippen LogP contribution >= 0.6 is 0 Å². The molecular weight excluding hydrogens is 238 g/mol. The van der Waals surface area contributed by atoms with Crippen molar-refractivity contribution in [2.75, 3.05) is 13.7 Å². The first-order valence-electron chi connectivity index (χ1n) is 7.05. The van der Waals surface area contributed by atoms with E-state index in [1.54, 1.807) is 7.11 Å². The zero-order valence-electron chi connectivity index (χ0n) is 12.1. The summed E-state index contributed by atoms with van der Waals surface area (Å²) in [7, 11) is 1.62. The Kier molecular flexibility index (Phi) is 4.59. The number of carbonyl (C=O) groups is 1. The van der Waals surface area contributed by atoms with Crippen molar-refractivity contribution in [1.29, 1.82) is 0 Å². The van der Waals surface area contributed by atoms with Gasteiger partial charge in [-0.1, -0.05) is 18.6 Å². The number of likely N-dealkylation sites (tertiary alicyclic amines) is 1. The van der Waals surface area contributed by atoms with E-state index in [9.17, 15) is 4.79 Å². The van der Waals surface area contributed by atoms with Crippen LogP contribution in [-0.4, -0.2) is 36.4 Å². The summed E-state index contributed by atoms with van der Waals surface area (Å²) in [5.41, 5.74) is 0.740. The smallest absolute Gasteiger partial charge is 0.176 e. The van der Waals surface area contributed by atoms with Crippen LogP contribution in [0, 0.1) is 0 Å². The van der Waals surface area contributed by atoms with Crippen LogP contribution in [0.4, 0.5) is 0 Å². The number of hydrogen-bond acceptors (Lipinski definition) is 3. The van der Waals surface area contributed by atoms with Gasteiger partial charge in [0.2, 0.25) is 0 Å². The molecule has 0 bridgehead atoms. The molecule has 1 aromatic carbocycles. The highest BCUT2D eigenvalue weighted by Gasteiger charge is 2.26. The summed E-state index contributed by atoms with van der Waals surface area (Å²) >= 11 is 0. The molecule has 104 valence electrons. The lowest BCUT2D eigenvalue weighted by atomic mass is 9.96. The lowest BCUT2D eigenvalue weighted by molar-refractivity contribution is 0.0734. The molecule has 2 unspecified atom stereocenters. The topological polar surface area (TPSA) is 29.5 Å². The zero-order chi connectivity index (χ0) is 13.8. The van der Waals surface area contributed by atoms with Crippen LogP contribution in [0.15, 0.2) is 24.3 Å². The third-order valence-corrected chi connectivity index (χ3v) is 4.09. The van der Waals surface area contributed by atoms with E-state index in [1.165, 1.54) is 19.3 Å². The standard InChI is InChI=1S/C16H23NO2/c1-12-6-4-7-13(2)17(12)11-16(18)14-8-5-9-15(10-14)19-3/h5,8-10,12-13H,4,6-7,11H2,1-3H3. The van der Waals surface area contributed by atoms with Crippen molar-refractivity contribution in [1.82, 2.24) is 4.90 Å². The van der Waals surface area contributed by atoms with Crippen molar-refractivity contribution >= 4 is 5.78 Å². The fraction of sp³-hybridized carbons (Fsp3) is 0.562. The van der Waals surface area contributed by atoms with E-state index < -0.39 is 0 Å². The van der Waals surface area contributed by atoms with Gasteiger partial charge in [0.1, 0.15) is 5.75 Å². The maximum atomic E-state index is 12.4. The number of benzene rings is 1. The first kappa shape index (κ1) is 14.1. The molecule has 0 spiro atoms. The van der Waals surface area contributed by atoms with Crippen LogP contribution in [-0.2, 0) is 0 Å². The molecular formula is C16H23NO2. The largest absolute Gasteiger partial charge is 0.497 e. The fourth-order valence-electron chi connectivity index (χ4n) is 2.84. The van der Waals surface area contributed by atoms with Crippen LogP contribution in [0.5, 0.6) is 5.75 Å². The number of carbonyl (C=O) groups excluding carboxylic acids is 1. The van der Waals surface area contributed by atoms with Crippen molar-refractivity contribution in [3.8, 4) is 5.75 Å². The van der Waals surface area contributed by atoms with Gasteiger partial charge in [-0.05, 0) is 38.8 Å². The van der Waals surface area contributed by atoms with E-state index in [1.807, 2.05) is 24.3 Å². The summed E-state index contributed by atoms with van der Waals surface area (Å²) < 4.78 is 5.17. The Bertz CT molecular complexity index is 434. The molecule has 1 aliphatic heterocycles. The van der Waals surface area contributed by atoms with Gasteiger partial charge in [0.15, 0.2) is 5.78 Å².